The zero-order chi connectivity index (χ0) is 13.5. The lowest BCUT2D eigenvalue weighted by molar-refractivity contribution is -0.137. The summed E-state index contributed by atoms with van der Waals surface area (Å²) >= 11 is 5.76. The number of carbonyl (C=O) groups is 2. The van der Waals surface area contributed by atoms with Gasteiger partial charge in [-0.25, -0.2) is 4.79 Å². The van der Waals surface area contributed by atoms with Gasteiger partial charge in [-0.15, -0.1) is 0 Å². The van der Waals surface area contributed by atoms with Crippen LogP contribution in [0.15, 0.2) is 30.3 Å². The van der Waals surface area contributed by atoms with Gasteiger partial charge in [-0.1, -0.05) is 11.6 Å². The van der Waals surface area contributed by atoms with Gasteiger partial charge < -0.3 is 9.47 Å². The summed E-state index contributed by atoms with van der Waals surface area (Å²) in [5.41, 5.74) is 0.572. The first-order valence-corrected chi connectivity index (χ1v) is 5.73. The Labute approximate surface area is 110 Å². The van der Waals surface area contributed by atoms with Crippen LogP contribution in [0.1, 0.15) is 19.4 Å². The molecule has 0 aromatic heterocycles. The van der Waals surface area contributed by atoms with Crippen LogP contribution >= 0.6 is 11.6 Å². The van der Waals surface area contributed by atoms with Gasteiger partial charge in [-0.05, 0) is 31.2 Å². The first-order valence-electron chi connectivity index (χ1n) is 5.35. The van der Waals surface area contributed by atoms with E-state index in [1.807, 2.05) is 0 Å². The van der Waals surface area contributed by atoms with Crippen LogP contribution in [-0.2, 0) is 19.1 Å². The average Bonchev–Trinajstić information content (AvgIpc) is 2.28. The number of carbonyl (C=O) groups excluding carboxylic acids is 2. The third-order valence-electron chi connectivity index (χ3n) is 1.92. The molecule has 18 heavy (non-hydrogen) atoms. The minimum Gasteiger partial charge on any atom is -0.463 e. The van der Waals surface area contributed by atoms with Crippen molar-refractivity contribution in [3.8, 4) is 0 Å². The van der Waals surface area contributed by atoms with Crippen molar-refractivity contribution in [1.82, 2.24) is 0 Å². The van der Waals surface area contributed by atoms with E-state index in [0.29, 0.717) is 10.6 Å². The average molecular weight is 269 g/mol. The summed E-state index contributed by atoms with van der Waals surface area (Å²) in [6, 6.07) is 6.57. The van der Waals surface area contributed by atoms with Gasteiger partial charge in [0, 0.05) is 17.5 Å². The number of hydrogen-bond donors (Lipinski definition) is 0. The third-order valence-corrected chi connectivity index (χ3v) is 2.17. The molecular formula is C13H13ClO4. The quantitative estimate of drug-likeness (QED) is 0.479. The van der Waals surface area contributed by atoms with Gasteiger partial charge in [0.15, 0.2) is 0 Å². The molecule has 0 radical (unpaired) electrons. The molecular weight excluding hydrogens is 256 g/mol. The number of halogens is 1. The second-order valence-electron chi connectivity index (χ2n) is 3.36. The molecule has 0 atom stereocenters. The predicted octanol–water partition coefficient (Wildman–Crippen LogP) is 2.81. The lowest BCUT2D eigenvalue weighted by Crippen LogP contribution is -2.05. The van der Waals surface area contributed by atoms with Crippen LogP contribution in [-0.4, -0.2) is 18.5 Å². The van der Waals surface area contributed by atoms with E-state index in [1.54, 1.807) is 31.2 Å². The summed E-state index contributed by atoms with van der Waals surface area (Å²) in [5, 5.41) is 0.553. The summed E-state index contributed by atoms with van der Waals surface area (Å²) in [5.74, 6) is -0.943. The highest BCUT2D eigenvalue weighted by Crippen LogP contribution is 2.19. The topological polar surface area (TPSA) is 52.6 Å². The third kappa shape index (κ3) is 4.59. The van der Waals surface area contributed by atoms with Crippen LogP contribution in [0.25, 0.3) is 5.76 Å². The molecule has 1 aromatic carbocycles. The van der Waals surface area contributed by atoms with Gasteiger partial charge in [0.05, 0.1) is 12.7 Å². The van der Waals surface area contributed by atoms with Crippen molar-refractivity contribution in [3.05, 3.63) is 40.9 Å². The van der Waals surface area contributed by atoms with E-state index in [1.165, 1.54) is 6.92 Å². The van der Waals surface area contributed by atoms with Crippen LogP contribution in [0.3, 0.4) is 0 Å². The Morgan fingerprint density at radius 1 is 1.28 bits per heavy atom. The van der Waals surface area contributed by atoms with Crippen LogP contribution < -0.4 is 0 Å². The van der Waals surface area contributed by atoms with Gasteiger partial charge in [-0.3, -0.25) is 4.79 Å². The second-order valence-corrected chi connectivity index (χ2v) is 3.80. The number of ether oxygens (including phenoxy) is 2. The lowest BCUT2D eigenvalue weighted by Gasteiger charge is -2.07. The summed E-state index contributed by atoms with van der Waals surface area (Å²) in [6.07, 6.45) is 1.13. The van der Waals surface area contributed by atoms with Gasteiger partial charge in [0.25, 0.3) is 0 Å². The maximum absolute atomic E-state index is 11.4. The number of hydrogen-bond acceptors (Lipinski definition) is 4. The van der Waals surface area contributed by atoms with E-state index in [4.69, 9.17) is 21.1 Å². The van der Waals surface area contributed by atoms with Gasteiger partial charge in [0.1, 0.15) is 5.76 Å². The molecule has 0 aliphatic heterocycles. The molecule has 0 aliphatic carbocycles. The van der Waals surface area contributed by atoms with E-state index < -0.39 is 11.9 Å². The minimum atomic E-state index is -0.566. The Hall–Kier alpha value is -1.81. The highest BCUT2D eigenvalue weighted by atomic mass is 35.5. The Bertz CT molecular complexity index is 462. The largest absolute Gasteiger partial charge is 0.463 e. The molecule has 0 N–H and O–H groups in total. The zero-order valence-electron chi connectivity index (χ0n) is 10.1. The van der Waals surface area contributed by atoms with E-state index in [9.17, 15) is 9.59 Å². The number of benzene rings is 1. The molecule has 0 saturated carbocycles. The Morgan fingerprint density at radius 2 is 1.89 bits per heavy atom. The van der Waals surface area contributed by atoms with Crippen LogP contribution in [0.5, 0.6) is 0 Å². The Kier molecular flexibility index (Phi) is 5.39. The van der Waals surface area contributed by atoms with E-state index in [2.05, 4.69) is 0 Å². The fourth-order valence-electron chi connectivity index (χ4n) is 1.23. The minimum absolute atomic E-state index is 0.137. The molecule has 4 nitrogen and oxygen atoms in total. The van der Waals surface area contributed by atoms with Crippen molar-refractivity contribution < 1.29 is 19.1 Å². The smallest absolute Gasteiger partial charge is 0.334 e. The van der Waals surface area contributed by atoms with Crippen molar-refractivity contribution in [3.63, 3.8) is 0 Å². The maximum atomic E-state index is 11.4. The second kappa shape index (κ2) is 6.81. The molecule has 1 aromatic rings. The summed E-state index contributed by atoms with van der Waals surface area (Å²) < 4.78 is 9.74. The van der Waals surface area contributed by atoms with Crippen LogP contribution in [0.2, 0.25) is 5.02 Å². The van der Waals surface area contributed by atoms with Crippen molar-refractivity contribution in [2.75, 3.05) is 6.61 Å². The van der Waals surface area contributed by atoms with E-state index >= 15 is 0 Å². The summed E-state index contributed by atoms with van der Waals surface area (Å²) in [7, 11) is 0. The normalized spacial score (nSPS) is 10.9. The standard InChI is InChI=1S/C13H13ClO4/c1-3-17-13(16)8-12(18-9(2)15)10-4-6-11(14)7-5-10/h4-8H,3H2,1-2H3/b12-8-. The molecule has 5 heteroatoms. The number of rotatable bonds is 4. The molecule has 0 saturated heterocycles. The fourth-order valence-corrected chi connectivity index (χ4v) is 1.36. The van der Waals surface area contributed by atoms with Crippen molar-refractivity contribution in [2.45, 2.75) is 13.8 Å². The predicted molar refractivity (Wildman–Crippen MR) is 67.8 cm³/mol. The van der Waals surface area contributed by atoms with E-state index in [0.717, 1.165) is 6.08 Å². The highest BCUT2D eigenvalue weighted by molar-refractivity contribution is 6.30. The van der Waals surface area contributed by atoms with Gasteiger partial charge in [0.2, 0.25) is 0 Å². The zero-order valence-corrected chi connectivity index (χ0v) is 10.9. The summed E-state index contributed by atoms with van der Waals surface area (Å²) in [4.78, 5) is 22.4. The molecule has 0 heterocycles. The van der Waals surface area contributed by atoms with Crippen molar-refractivity contribution >= 4 is 29.3 Å². The Morgan fingerprint density at radius 3 is 2.39 bits per heavy atom. The van der Waals surface area contributed by atoms with Crippen LogP contribution in [0.4, 0.5) is 0 Å². The molecule has 0 unspecified atom stereocenters. The van der Waals surface area contributed by atoms with E-state index in [-0.39, 0.29) is 12.4 Å². The molecule has 96 valence electrons. The SMILES string of the molecule is CCOC(=O)/C=C(\OC(C)=O)c1ccc(Cl)cc1. The fraction of sp³-hybridized carbons (Fsp3) is 0.231. The highest BCUT2D eigenvalue weighted by Gasteiger charge is 2.09. The first-order chi connectivity index (χ1) is 8.52. The van der Waals surface area contributed by atoms with Gasteiger partial charge >= 0.3 is 11.9 Å². The molecule has 0 amide bonds. The number of esters is 2. The molecule has 0 aliphatic rings. The maximum Gasteiger partial charge on any atom is 0.334 e. The first kappa shape index (κ1) is 14.3. The molecule has 0 fully saturated rings. The monoisotopic (exact) mass is 268 g/mol. The van der Waals surface area contributed by atoms with Gasteiger partial charge in [-0.2, -0.15) is 0 Å². The van der Waals surface area contributed by atoms with Crippen molar-refractivity contribution in [1.29, 1.82) is 0 Å². The Balaban J connectivity index is 3.01. The molecule has 1 rings (SSSR count). The van der Waals surface area contributed by atoms with Crippen LogP contribution in [0, 0.1) is 0 Å². The molecule has 0 bridgehead atoms. The summed E-state index contributed by atoms with van der Waals surface area (Å²) in [6.45, 7) is 3.21. The van der Waals surface area contributed by atoms with Crippen molar-refractivity contribution in [2.24, 2.45) is 0 Å². The molecule has 0 spiro atoms. The lowest BCUT2D eigenvalue weighted by atomic mass is 10.2.